The molecular formula is C25H36N2O6. The van der Waals surface area contributed by atoms with E-state index in [1.165, 1.54) is 0 Å². The Morgan fingerprint density at radius 1 is 0.970 bits per heavy atom. The van der Waals surface area contributed by atoms with Gasteiger partial charge in [0.1, 0.15) is 5.60 Å². The zero-order valence-electron chi connectivity index (χ0n) is 20.3. The molecule has 0 radical (unpaired) electrons. The molecule has 2 aromatic rings. The van der Waals surface area contributed by atoms with Crippen LogP contribution in [0.25, 0.3) is 0 Å². The lowest BCUT2D eigenvalue weighted by molar-refractivity contribution is 0.0422. The minimum absolute atomic E-state index is 0.254. The Morgan fingerprint density at radius 2 is 1.58 bits per heavy atom. The van der Waals surface area contributed by atoms with Crippen LogP contribution in [-0.4, -0.2) is 56.8 Å². The molecule has 8 nitrogen and oxygen atoms in total. The number of methoxy groups -OCH3 is 3. The monoisotopic (exact) mass is 460 g/mol. The van der Waals surface area contributed by atoms with Crippen LogP contribution < -0.4 is 24.8 Å². The summed E-state index contributed by atoms with van der Waals surface area (Å²) in [6.45, 7) is 6.11. The third-order valence-electron chi connectivity index (χ3n) is 4.87. The summed E-state index contributed by atoms with van der Waals surface area (Å²) in [6.07, 6.45) is -0.945. The second-order valence-electron chi connectivity index (χ2n) is 8.67. The van der Waals surface area contributed by atoms with Crippen LogP contribution in [-0.2, 0) is 17.7 Å². The first-order valence-electron chi connectivity index (χ1n) is 10.9. The van der Waals surface area contributed by atoms with Crippen LogP contribution >= 0.6 is 0 Å². The maximum Gasteiger partial charge on any atom is 0.407 e. The average Bonchev–Trinajstić information content (AvgIpc) is 2.77. The molecule has 3 N–H and O–H groups in total. The van der Waals surface area contributed by atoms with Crippen LogP contribution in [0.15, 0.2) is 42.5 Å². The van der Waals surface area contributed by atoms with Crippen LogP contribution in [0.5, 0.6) is 17.2 Å². The summed E-state index contributed by atoms with van der Waals surface area (Å²) in [4.78, 5) is 12.4. The number of amides is 1. The van der Waals surface area contributed by atoms with Crippen molar-refractivity contribution in [1.82, 2.24) is 10.6 Å². The van der Waals surface area contributed by atoms with Gasteiger partial charge >= 0.3 is 6.09 Å². The number of rotatable bonds is 11. The number of aliphatic hydroxyl groups is 1. The van der Waals surface area contributed by atoms with Gasteiger partial charge < -0.3 is 34.7 Å². The number of carbonyl (C=O) groups excluding carboxylic acids is 1. The number of carbonyl (C=O) groups is 1. The summed E-state index contributed by atoms with van der Waals surface area (Å²) in [5.41, 5.74) is 1.27. The number of hydrogen-bond acceptors (Lipinski definition) is 7. The van der Waals surface area contributed by atoms with Crippen molar-refractivity contribution in [2.75, 3.05) is 27.9 Å². The molecule has 2 rings (SSSR count). The molecule has 0 saturated heterocycles. The van der Waals surface area contributed by atoms with Gasteiger partial charge in [-0.3, -0.25) is 0 Å². The van der Waals surface area contributed by atoms with E-state index in [9.17, 15) is 9.90 Å². The van der Waals surface area contributed by atoms with Crippen molar-refractivity contribution >= 4 is 6.09 Å². The van der Waals surface area contributed by atoms with Crippen molar-refractivity contribution in [2.45, 2.75) is 51.5 Å². The maximum absolute atomic E-state index is 12.4. The molecule has 0 unspecified atom stereocenters. The van der Waals surface area contributed by atoms with Gasteiger partial charge in [-0.05, 0) is 50.5 Å². The zero-order valence-corrected chi connectivity index (χ0v) is 20.3. The fraction of sp³-hybridized carbons (Fsp3) is 0.480. The molecule has 2 aromatic carbocycles. The molecule has 0 aromatic heterocycles. The molecule has 0 bridgehead atoms. The van der Waals surface area contributed by atoms with E-state index < -0.39 is 23.8 Å². The number of hydrogen-bond donors (Lipinski definition) is 3. The summed E-state index contributed by atoms with van der Waals surface area (Å²) in [6, 6.07) is 12.9. The lowest BCUT2D eigenvalue weighted by Crippen LogP contribution is -2.49. The lowest BCUT2D eigenvalue weighted by Gasteiger charge is -2.27. The Hall–Kier alpha value is -2.97. The quantitative estimate of drug-likeness (QED) is 0.473. The van der Waals surface area contributed by atoms with E-state index in [0.717, 1.165) is 11.1 Å². The molecule has 33 heavy (non-hydrogen) atoms. The first-order valence-corrected chi connectivity index (χ1v) is 10.9. The van der Waals surface area contributed by atoms with Crippen LogP contribution in [0.2, 0.25) is 0 Å². The molecule has 0 spiro atoms. The van der Waals surface area contributed by atoms with E-state index >= 15 is 0 Å². The second kappa shape index (κ2) is 12.3. The lowest BCUT2D eigenvalue weighted by atomic mass is 10.0. The molecular weight excluding hydrogens is 424 g/mol. The highest BCUT2D eigenvalue weighted by atomic mass is 16.6. The van der Waals surface area contributed by atoms with E-state index in [2.05, 4.69) is 10.6 Å². The second-order valence-corrected chi connectivity index (χ2v) is 8.67. The number of alkyl carbamates (subject to hydrolysis) is 1. The van der Waals surface area contributed by atoms with Gasteiger partial charge in [0, 0.05) is 13.1 Å². The van der Waals surface area contributed by atoms with Crippen molar-refractivity contribution in [3.8, 4) is 17.2 Å². The van der Waals surface area contributed by atoms with Gasteiger partial charge in [0.25, 0.3) is 0 Å². The topological polar surface area (TPSA) is 98.3 Å². The van der Waals surface area contributed by atoms with Gasteiger partial charge in [-0.2, -0.15) is 0 Å². The van der Waals surface area contributed by atoms with Crippen LogP contribution in [0.4, 0.5) is 4.79 Å². The largest absolute Gasteiger partial charge is 0.493 e. The van der Waals surface area contributed by atoms with Crippen molar-refractivity contribution < 1.29 is 28.8 Å². The Bertz CT molecular complexity index is 857. The minimum atomic E-state index is -0.847. The van der Waals surface area contributed by atoms with E-state index in [4.69, 9.17) is 18.9 Å². The van der Waals surface area contributed by atoms with E-state index in [1.807, 2.05) is 42.5 Å². The highest BCUT2D eigenvalue weighted by Crippen LogP contribution is 2.38. The summed E-state index contributed by atoms with van der Waals surface area (Å²) < 4.78 is 21.5. The fourth-order valence-electron chi connectivity index (χ4n) is 3.35. The van der Waals surface area contributed by atoms with E-state index in [0.29, 0.717) is 30.2 Å². The predicted molar refractivity (Wildman–Crippen MR) is 127 cm³/mol. The maximum atomic E-state index is 12.4. The third-order valence-corrected chi connectivity index (χ3v) is 4.87. The Balaban J connectivity index is 2.05. The van der Waals surface area contributed by atoms with Crippen molar-refractivity contribution in [3.63, 3.8) is 0 Å². The smallest absolute Gasteiger partial charge is 0.407 e. The number of ether oxygens (including phenoxy) is 4. The highest BCUT2D eigenvalue weighted by Gasteiger charge is 2.25. The Morgan fingerprint density at radius 3 is 2.09 bits per heavy atom. The molecule has 0 aliphatic heterocycles. The van der Waals surface area contributed by atoms with Gasteiger partial charge in [-0.25, -0.2) is 4.79 Å². The summed E-state index contributed by atoms with van der Waals surface area (Å²) >= 11 is 0. The molecule has 8 heteroatoms. The van der Waals surface area contributed by atoms with Gasteiger partial charge in [-0.15, -0.1) is 0 Å². The molecule has 0 saturated carbocycles. The minimum Gasteiger partial charge on any atom is -0.493 e. The van der Waals surface area contributed by atoms with Crippen LogP contribution in [0, 0.1) is 0 Å². The van der Waals surface area contributed by atoms with Crippen LogP contribution in [0.3, 0.4) is 0 Å². The first-order chi connectivity index (χ1) is 15.7. The van der Waals surface area contributed by atoms with Crippen molar-refractivity contribution in [3.05, 3.63) is 53.6 Å². The molecule has 2 atom stereocenters. The van der Waals surface area contributed by atoms with Gasteiger partial charge in [0.05, 0.1) is 33.5 Å². The number of aliphatic hydroxyl groups excluding tert-OH is 1. The zero-order chi connectivity index (χ0) is 24.4. The molecule has 0 fully saturated rings. The standard InChI is InChI=1S/C25H36N2O6/c1-25(2,3)33-24(29)27-19(12-17-10-8-7-9-11-17)20(28)16-26-15-18-13-21(30-4)23(32-6)22(14-18)31-5/h7-11,13-14,19-20,26,28H,12,15-16H2,1-6H3,(H,27,29)/t19-,20+/m0/s1. The summed E-state index contributed by atoms with van der Waals surface area (Å²) in [5.74, 6) is 1.64. The Labute approximate surface area is 196 Å². The molecule has 0 heterocycles. The molecule has 0 aliphatic rings. The van der Waals surface area contributed by atoms with Gasteiger partial charge in [0.15, 0.2) is 11.5 Å². The predicted octanol–water partition coefficient (Wildman–Crippen LogP) is 3.30. The van der Waals surface area contributed by atoms with Gasteiger partial charge in [-0.1, -0.05) is 30.3 Å². The van der Waals surface area contributed by atoms with Crippen molar-refractivity contribution in [1.29, 1.82) is 0 Å². The highest BCUT2D eigenvalue weighted by molar-refractivity contribution is 5.68. The molecule has 1 amide bonds. The number of benzene rings is 2. The van der Waals surface area contributed by atoms with E-state index in [-0.39, 0.29) is 6.54 Å². The van der Waals surface area contributed by atoms with Crippen molar-refractivity contribution in [2.24, 2.45) is 0 Å². The first kappa shape index (κ1) is 26.3. The SMILES string of the molecule is COc1cc(CNC[C@@H](O)[C@H](Cc2ccccc2)NC(=O)OC(C)(C)C)cc(OC)c1OC. The number of nitrogens with one attached hydrogen (secondary N) is 2. The summed E-state index contributed by atoms with van der Waals surface area (Å²) in [5, 5.41) is 16.9. The Kier molecular flexibility index (Phi) is 9.81. The molecule has 0 aliphatic carbocycles. The fourth-order valence-corrected chi connectivity index (χ4v) is 3.35. The summed E-state index contributed by atoms with van der Waals surface area (Å²) in [7, 11) is 4.68. The van der Waals surface area contributed by atoms with E-state index in [1.54, 1.807) is 42.1 Å². The average molecular weight is 461 g/mol. The third kappa shape index (κ3) is 8.47. The van der Waals surface area contributed by atoms with Gasteiger partial charge in [0.2, 0.25) is 5.75 Å². The van der Waals surface area contributed by atoms with Crippen LogP contribution in [0.1, 0.15) is 31.9 Å². The molecule has 182 valence electrons. The normalized spacial score (nSPS) is 13.1.